The van der Waals surface area contributed by atoms with Crippen molar-refractivity contribution < 1.29 is 13.2 Å². The molecular weight excluding hydrogens is 205 g/mol. The minimum atomic E-state index is -4.15. The maximum Gasteiger partial charge on any atom is 0.460 e. The number of nitrogens with zero attached hydrogens (tertiary/aromatic N) is 2. The average molecular weight is 222 g/mol. The van der Waals surface area contributed by atoms with E-state index in [0.717, 1.165) is 11.4 Å². The summed E-state index contributed by atoms with van der Waals surface area (Å²) in [6.07, 6.45) is -2.27. The third-order valence-corrected chi connectivity index (χ3v) is 4.05. The number of halogens is 3. The smallest absolute Gasteiger partial charge is 0.301 e. The van der Waals surface area contributed by atoms with Gasteiger partial charge in [0.2, 0.25) is 0 Å². The van der Waals surface area contributed by atoms with Gasteiger partial charge in [-0.2, -0.15) is 13.2 Å². The second-order valence-corrected chi connectivity index (χ2v) is 4.98. The van der Waals surface area contributed by atoms with E-state index in [-0.39, 0.29) is 18.1 Å². The second-order valence-electron chi connectivity index (χ2n) is 4.98. The lowest BCUT2D eigenvalue weighted by Crippen LogP contribution is -2.63. The van der Waals surface area contributed by atoms with Gasteiger partial charge in [0.05, 0.1) is 0 Å². The van der Waals surface area contributed by atoms with Crippen LogP contribution in [0.25, 0.3) is 0 Å². The number of fused-ring (bicyclic) bond motifs is 2. The Hall–Kier alpha value is -0.290. The fraction of sp³-hybridized carbons (Fsp3) is 1.00. The molecule has 2 bridgehead atoms. The maximum atomic E-state index is 12.7. The van der Waals surface area contributed by atoms with E-state index in [1.165, 1.54) is 0 Å². The van der Waals surface area contributed by atoms with Gasteiger partial charge in [0.15, 0.2) is 0 Å². The summed E-state index contributed by atoms with van der Waals surface area (Å²) in [6.45, 7) is 3.00. The van der Waals surface area contributed by atoms with Crippen LogP contribution in [0.3, 0.4) is 0 Å². The van der Waals surface area contributed by atoms with Crippen molar-refractivity contribution in [2.75, 3.05) is 20.1 Å². The number of alkyl halides is 3. The van der Waals surface area contributed by atoms with Crippen molar-refractivity contribution in [1.82, 2.24) is 9.80 Å². The third kappa shape index (κ3) is 1.87. The summed E-state index contributed by atoms with van der Waals surface area (Å²) in [5.74, 6) is 0. The van der Waals surface area contributed by atoms with Crippen LogP contribution >= 0.6 is 0 Å². The van der Waals surface area contributed by atoms with Gasteiger partial charge in [0.25, 0.3) is 0 Å². The molecule has 0 aliphatic carbocycles. The van der Waals surface area contributed by atoms with Crippen LogP contribution in [0, 0.1) is 0 Å². The maximum absolute atomic E-state index is 12.7. The lowest BCUT2D eigenvalue weighted by Gasteiger charge is -2.53. The van der Waals surface area contributed by atoms with Crippen molar-refractivity contribution >= 4 is 0 Å². The Morgan fingerprint density at radius 2 is 1.93 bits per heavy atom. The van der Waals surface area contributed by atoms with Crippen molar-refractivity contribution in [3.05, 3.63) is 0 Å². The molecule has 0 radical (unpaired) electrons. The highest BCUT2D eigenvalue weighted by Crippen LogP contribution is 2.40. The van der Waals surface area contributed by atoms with Gasteiger partial charge in [-0.1, -0.05) is 0 Å². The highest BCUT2D eigenvalue weighted by Gasteiger charge is 2.50. The number of hydrogen-bond donors (Lipinski definition) is 0. The number of piperidine rings is 2. The molecule has 1 unspecified atom stereocenters. The second kappa shape index (κ2) is 3.35. The number of hydrogen-bond acceptors (Lipinski definition) is 2. The minimum absolute atomic E-state index is 0.0231. The highest BCUT2D eigenvalue weighted by atomic mass is 19.4. The first-order chi connectivity index (χ1) is 6.83. The first-order valence-electron chi connectivity index (χ1n) is 5.38. The van der Waals surface area contributed by atoms with Gasteiger partial charge in [-0.3, -0.25) is 0 Å². The molecular formula is C10H17F3N2. The molecule has 0 amide bonds. The predicted molar refractivity (Wildman–Crippen MR) is 51.4 cm³/mol. The Morgan fingerprint density at radius 3 is 2.53 bits per heavy atom. The van der Waals surface area contributed by atoms with Gasteiger partial charge in [-0.05, 0) is 39.8 Å². The van der Waals surface area contributed by atoms with Crippen molar-refractivity contribution in [3.63, 3.8) is 0 Å². The summed E-state index contributed by atoms with van der Waals surface area (Å²) in [6, 6.07) is -0.306. The summed E-state index contributed by atoms with van der Waals surface area (Å²) >= 11 is 0. The van der Waals surface area contributed by atoms with Crippen LogP contribution < -0.4 is 0 Å². The molecule has 2 aliphatic heterocycles. The average Bonchev–Trinajstić information content (AvgIpc) is 2.10. The summed E-state index contributed by atoms with van der Waals surface area (Å²) in [5, 5.41) is 0. The number of rotatable bonds is 0. The van der Waals surface area contributed by atoms with Gasteiger partial charge in [-0.15, -0.1) is 0 Å². The Labute approximate surface area is 88.0 Å². The van der Waals surface area contributed by atoms with Crippen LogP contribution in [-0.2, 0) is 0 Å². The fourth-order valence-corrected chi connectivity index (χ4v) is 2.81. The zero-order chi connectivity index (χ0) is 11.3. The molecule has 0 aromatic heterocycles. The molecule has 2 rings (SSSR count). The highest BCUT2D eigenvalue weighted by molar-refractivity contribution is 4.99. The monoisotopic (exact) mass is 222 g/mol. The lowest BCUT2D eigenvalue weighted by molar-refractivity contribution is -0.275. The van der Waals surface area contributed by atoms with Gasteiger partial charge in [0.1, 0.15) is 0 Å². The van der Waals surface area contributed by atoms with Crippen molar-refractivity contribution in [2.24, 2.45) is 0 Å². The topological polar surface area (TPSA) is 6.48 Å². The minimum Gasteiger partial charge on any atom is -0.301 e. The zero-order valence-electron chi connectivity index (χ0n) is 9.14. The quantitative estimate of drug-likeness (QED) is 0.579. The van der Waals surface area contributed by atoms with Crippen molar-refractivity contribution in [2.45, 2.75) is 44.1 Å². The molecule has 2 heterocycles. The SMILES string of the molecule is CN1CCC2C[C@]1(C)CCN2C(F)(F)F. The first kappa shape index (κ1) is 11.2. The summed E-state index contributed by atoms with van der Waals surface area (Å²) in [4.78, 5) is 2.93. The van der Waals surface area contributed by atoms with Crippen LogP contribution in [0.15, 0.2) is 0 Å². The third-order valence-electron chi connectivity index (χ3n) is 4.05. The van der Waals surface area contributed by atoms with E-state index in [0.29, 0.717) is 19.3 Å². The van der Waals surface area contributed by atoms with E-state index >= 15 is 0 Å². The van der Waals surface area contributed by atoms with E-state index in [9.17, 15) is 13.2 Å². The molecule has 0 aromatic carbocycles. The molecule has 2 saturated heterocycles. The lowest BCUT2D eigenvalue weighted by atomic mass is 9.79. The molecule has 0 N–H and O–H groups in total. The molecule has 0 spiro atoms. The molecule has 2 atom stereocenters. The predicted octanol–water partition coefficient (Wildman–Crippen LogP) is 2.06. The van der Waals surface area contributed by atoms with Crippen molar-refractivity contribution in [1.29, 1.82) is 0 Å². The van der Waals surface area contributed by atoms with E-state index in [1.54, 1.807) is 0 Å². The molecule has 5 heteroatoms. The molecule has 0 saturated carbocycles. The Kier molecular flexibility index (Phi) is 2.50. The van der Waals surface area contributed by atoms with E-state index in [1.807, 2.05) is 7.05 Å². The molecule has 2 fully saturated rings. The molecule has 15 heavy (non-hydrogen) atoms. The van der Waals surface area contributed by atoms with Crippen molar-refractivity contribution in [3.8, 4) is 0 Å². The Morgan fingerprint density at radius 1 is 1.27 bits per heavy atom. The largest absolute Gasteiger partial charge is 0.460 e. The Bertz CT molecular complexity index is 254. The standard InChI is InChI=1S/C10H17F3N2/c1-9-4-6-15(10(11,12)13)8(7-9)3-5-14(9)2/h8H,3-7H2,1-2H3/t8?,9-/m0/s1. The zero-order valence-corrected chi connectivity index (χ0v) is 9.14. The molecule has 0 aromatic rings. The van der Waals surface area contributed by atoms with Gasteiger partial charge < -0.3 is 4.90 Å². The van der Waals surface area contributed by atoms with Gasteiger partial charge in [-0.25, -0.2) is 4.90 Å². The van der Waals surface area contributed by atoms with Crippen LogP contribution in [0.5, 0.6) is 0 Å². The molecule has 88 valence electrons. The van der Waals surface area contributed by atoms with Gasteiger partial charge in [0, 0.05) is 18.1 Å². The van der Waals surface area contributed by atoms with Crippen LogP contribution in [0.2, 0.25) is 0 Å². The van der Waals surface area contributed by atoms with Crippen LogP contribution in [0.1, 0.15) is 26.2 Å². The van der Waals surface area contributed by atoms with Gasteiger partial charge >= 0.3 is 6.30 Å². The Balaban J connectivity index is 2.14. The molecule has 2 nitrogen and oxygen atoms in total. The van der Waals surface area contributed by atoms with Crippen LogP contribution in [0.4, 0.5) is 13.2 Å². The number of likely N-dealkylation sites (tertiary alicyclic amines) is 2. The molecule has 2 aliphatic rings. The van der Waals surface area contributed by atoms with E-state index in [4.69, 9.17) is 0 Å². The summed E-state index contributed by atoms with van der Waals surface area (Å²) in [7, 11) is 2.01. The van der Waals surface area contributed by atoms with Crippen LogP contribution in [-0.4, -0.2) is 47.8 Å². The summed E-state index contributed by atoms with van der Waals surface area (Å²) in [5.41, 5.74) is -0.0231. The summed E-state index contributed by atoms with van der Waals surface area (Å²) < 4.78 is 38.0. The fourth-order valence-electron chi connectivity index (χ4n) is 2.81. The van der Waals surface area contributed by atoms with E-state index in [2.05, 4.69) is 11.8 Å². The van der Waals surface area contributed by atoms with E-state index < -0.39 is 6.30 Å². The normalized spacial score (nSPS) is 39.4. The first-order valence-corrected chi connectivity index (χ1v) is 5.38.